The Morgan fingerprint density at radius 1 is 1.07 bits per heavy atom. The van der Waals surface area contributed by atoms with Crippen molar-refractivity contribution in [3.63, 3.8) is 0 Å². The van der Waals surface area contributed by atoms with E-state index in [2.05, 4.69) is 18.0 Å². The Morgan fingerprint density at radius 3 is 2.37 bits per heavy atom. The first-order valence-electron chi connectivity index (χ1n) is 8.86. The summed E-state index contributed by atoms with van der Waals surface area (Å²) >= 11 is 0. The van der Waals surface area contributed by atoms with Crippen LogP contribution in [0.5, 0.6) is 0 Å². The van der Waals surface area contributed by atoms with Gasteiger partial charge in [0.2, 0.25) is 5.91 Å². The highest BCUT2D eigenvalue weighted by molar-refractivity contribution is 5.98. The molecule has 0 aliphatic rings. The SMILES string of the molecule is C=Cc1c(C)cc(-c2ccccc2)c(NC(=O)Cc2ccc(F)cc2)c1C. The molecule has 3 heteroatoms. The third-order valence-electron chi connectivity index (χ3n) is 4.67. The summed E-state index contributed by atoms with van der Waals surface area (Å²) in [6.07, 6.45) is 2.00. The van der Waals surface area contributed by atoms with Crippen molar-refractivity contribution >= 4 is 17.7 Å². The summed E-state index contributed by atoms with van der Waals surface area (Å²) in [7, 11) is 0. The lowest BCUT2D eigenvalue weighted by molar-refractivity contribution is -0.115. The molecule has 136 valence electrons. The van der Waals surface area contributed by atoms with Crippen molar-refractivity contribution in [2.24, 2.45) is 0 Å². The third kappa shape index (κ3) is 4.14. The van der Waals surface area contributed by atoms with E-state index in [0.717, 1.165) is 39.1 Å². The lowest BCUT2D eigenvalue weighted by atomic mass is 9.92. The normalized spacial score (nSPS) is 10.5. The van der Waals surface area contributed by atoms with Crippen LogP contribution >= 0.6 is 0 Å². The molecule has 0 atom stereocenters. The summed E-state index contributed by atoms with van der Waals surface area (Å²) in [6.45, 7) is 7.94. The van der Waals surface area contributed by atoms with Crippen molar-refractivity contribution in [3.05, 3.63) is 95.3 Å². The Kier molecular flexibility index (Phi) is 5.51. The number of amides is 1. The molecule has 0 fully saturated rings. The van der Waals surface area contributed by atoms with Gasteiger partial charge in [0.15, 0.2) is 0 Å². The molecule has 0 saturated carbocycles. The van der Waals surface area contributed by atoms with Crippen LogP contribution in [0.4, 0.5) is 10.1 Å². The fourth-order valence-electron chi connectivity index (χ4n) is 3.29. The summed E-state index contributed by atoms with van der Waals surface area (Å²) in [4.78, 5) is 12.7. The summed E-state index contributed by atoms with van der Waals surface area (Å²) in [5.74, 6) is -0.448. The summed E-state index contributed by atoms with van der Waals surface area (Å²) < 4.78 is 13.1. The van der Waals surface area contributed by atoms with Gasteiger partial charge in [-0.05, 0) is 59.9 Å². The van der Waals surface area contributed by atoms with Crippen LogP contribution in [0.1, 0.15) is 22.3 Å². The molecule has 3 rings (SSSR count). The Balaban J connectivity index is 1.98. The monoisotopic (exact) mass is 359 g/mol. The van der Waals surface area contributed by atoms with Gasteiger partial charge in [-0.15, -0.1) is 0 Å². The number of rotatable bonds is 5. The first kappa shape index (κ1) is 18.6. The van der Waals surface area contributed by atoms with E-state index >= 15 is 0 Å². The average Bonchev–Trinajstić information content (AvgIpc) is 2.67. The van der Waals surface area contributed by atoms with Gasteiger partial charge >= 0.3 is 0 Å². The number of anilines is 1. The second-order valence-electron chi connectivity index (χ2n) is 6.58. The highest BCUT2D eigenvalue weighted by atomic mass is 19.1. The molecule has 0 heterocycles. The van der Waals surface area contributed by atoms with Crippen LogP contribution in [0.15, 0.2) is 67.2 Å². The lowest BCUT2D eigenvalue weighted by Crippen LogP contribution is -2.16. The number of carbonyl (C=O) groups is 1. The van der Waals surface area contributed by atoms with Crippen molar-refractivity contribution in [2.75, 3.05) is 5.32 Å². The van der Waals surface area contributed by atoms with Gasteiger partial charge in [-0.2, -0.15) is 0 Å². The Hall–Kier alpha value is -3.20. The topological polar surface area (TPSA) is 29.1 Å². The highest BCUT2D eigenvalue weighted by Gasteiger charge is 2.15. The zero-order chi connectivity index (χ0) is 19.4. The number of carbonyl (C=O) groups excluding carboxylic acids is 1. The van der Waals surface area contributed by atoms with E-state index in [9.17, 15) is 9.18 Å². The maximum atomic E-state index is 13.1. The summed E-state index contributed by atoms with van der Waals surface area (Å²) in [6, 6.07) is 18.0. The van der Waals surface area contributed by atoms with E-state index in [4.69, 9.17) is 0 Å². The van der Waals surface area contributed by atoms with Crippen molar-refractivity contribution in [1.82, 2.24) is 0 Å². The third-order valence-corrected chi connectivity index (χ3v) is 4.67. The molecule has 2 nitrogen and oxygen atoms in total. The molecular weight excluding hydrogens is 337 g/mol. The van der Waals surface area contributed by atoms with Gasteiger partial charge in [0.1, 0.15) is 5.82 Å². The van der Waals surface area contributed by atoms with Gasteiger partial charge in [0.05, 0.1) is 12.1 Å². The average molecular weight is 359 g/mol. The van der Waals surface area contributed by atoms with E-state index in [1.807, 2.05) is 50.3 Å². The summed E-state index contributed by atoms with van der Waals surface area (Å²) in [5, 5.41) is 3.06. The van der Waals surface area contributed by atoms with Gasteiger partial charge in [-0.3, -0.25) is 4.79 Å². The molecule has 3 aromatic rings. The van der Waals surface area contributed by atoms with Crippen LogP contribution in [0.3, 0.4) is 0 Å². The second kappa shape index (κ2) is 8.00. The molecule has 1 N–H and O–H groups in total. The minimum Gasteiger partial charge on any atom is -0.325 e. The number of nitrogens with one attached hydrogen (secondary N) is 1. The van der Waals surface area contributed by atoms with E-state index in [-0.39, 0.29) is 18.1 Å². The Labute approximate surface area is 159 Å². The standard InChI is InChI=1S/C24H22FNO/c1-4-21-16(2)14-22(19-8-6-5-7-9-19)24(17(21)3)26-23(27)15-18-10-12-20(25)13-11-18/h4-14H,1,15H2,2-3H3,(H,26,27). The highest BCUT2D eigenvalue weighted by Crippen LogP contribution is 2.35. The van der Waals surface area contributed by atoms with Crippen LogP contribution in [-0.2, 0) is 11.2 Å². The molecule has 0 unspecified atom stereocenters. The van der Waals surface area contributed by atoms with Crippen LogP contribution in [-0.4, -0.2) is 5.91 Å². The molecule has 1 amide bonds. The quantitative estimate of drug-likeness (QED) is 0.601. The molecule has 0 bridgehead atoms. The zero-order valence-electron chi connectivity index (χ0n) is 15.6. The largest absolute Gasteiger partial charge is 0.325 e. The molecule has 0 aliphatic heterocycles. The number of halogens is 1. The van der Waals surface area contributed by atoms with Gasteiger partial charge < -0.3 is 5.32 Å². The van der Waals surface area contributed by atoms with Gasteiger partial charge in [-0.1, -0.05) is 55.1 Å². The molecule has 0 spiro atoms. The second-order valence-corrected chi connectivity index (χ2v) is 6.58. The zero-order valence-corrected chi connectivity index (χ0v) is 15.6. The van der Waals surface area contributed by atoms with Gasteiger partial charge in [0.25, 0.3) is 0 Å². The fourth-order valence-corrected chi connectivity index (χ4v) is 3.29. The molecule has 3 aromatic carbocycles. The van der Waals surface area contributed by atoms with Crippen molar-refractivity contribution < 1.29 is 9.18 Å². The molecule has 0 aliphatic carbocycles. The maximum absolute atomic E-state index is 13.1. The first-order valence-corrected chi connectivity index (χ1v) is 8.86. The van der Waals surface area contributed by atoms with Crippen LogP contribution in [0.25, 0.3) is 17.2 Å². The maximum Gasteiger partial charge on any atom is 0.228 e. The Bertz CT molecular complexity index is 976. The van der Waals surface area contributed by atoms with E-state index in [1.165, 1.54) is 12.1 Å². The molecular formula is C24H22FNO. The number of aryl methyl sites for hydroxylation is 1. The number of benzene rings is 3. The predicted octanol–water partition coefficient (Wildman–Crippen LogP) is 5.93. The predicted molar refractivity (Wildman–Crippen MR) is 110 cm³/mol. The van der Waals surface area contributed by atoms with Crippen LogP contribution < -0.4 is 5.32 Å². The van der Waals surface area contributed by atoms with Crippen LogP contribution in [0, 0.1) is 19.7 Å². The van der Waals surface area contributed by atoms with E-state index in [1.54, 1.807) is 12.1 Å². The molecule has 0 saturated heterocycles. The van der Waals surface area contributed by atoms with Crippen molar-refractivity contribution in [2.45, 2.75) is 20.3 Å². The smallest absolute Gasteiger partial charge is 0.228 e. The Morgan fingerprint density at radius 2 is 1.74 bits per heavy atom. The first-order chi connectivity index (χ1) is 13.0. The minimum absolute atomic E-state index is 0.138. The van der Waals surface area contributed by atoms with Gasteiger partial charge in [0, 0.05) is 5.56 Å². The minimum atomic E-state index is -0.310. The van der Waals surface area contributed by atoms with E-state index < -0.39 is 0 Å². The van der Waals surface area contributed by atoms with E-state index in [0.29, 0.717) is 0 Å². The molecule has 27 heavy (non-hydrogen) atoms. The van der Waals surface area contributed by atoms with Crippen molar-refractivity contribution in [3.8, 4) is 11.1 Å². The number of hydrogen-bond donors (Lipinski definition) is 1. The summed E-state index contributed by atoms with van der Waals surface area (Å²) in [5.41, 5.74) is 6.68. The molecule has 0 radical (unpaired) electrons. The lowest BCUT2D eigenvalue weighted by Gasteiger charge is -2.18. The fraction of sp³-hybridized carbons (Fsp3) is 0.125. The van der Waals surface area contributed by atoms with Crippen molar-refractivity contribution in [1.29, 1.82) is 0 Å². The van der Waals surface area contributed by atoms with Gasteiger partial charge in [-0.25, -0.2) is 4.39 Å². The molecule has 0 aromatic heterocycles. The number of hydrogen-bond acceptors (Lipinski definition) is 1. The van der Waals surface area contributed by atoms with Crippen LogP contribution in [0.2, 0.25) is 0 Å².